The van der Waals surface area contributed by atoms with Crippen molar-refractivity contribution in [2.24, 2.45) is 5.73 Å². The van der Waals surface area contributed by atoms with E-state index in [1.54, 1.807) is 0 Å². The van der Waals surface area contributed by atoms with E-state index in [1.165, 1.54) is 7.11 Å². The van der Waals surface area contributed by atoms with Gasteiger partial charge in [-0.3, -0.25) is 4.79 Å². The van der Waals surface area contributed by atoms with Crippen molar-refractivity contribution in [3.63, 3.8) is 0 Å². The summed E-state index contributed by atoms with van der Waals surface area (Å²) in [5.41, 5.74) is 6.09. The minimum Gasteiger partial charge on any atom is -0.467 e. The predicted molar refractivity (Wildman–Crippen MR) is 76.4 cm³/mol. The molecule has 0 saturated carbocycles. The molecular formula is C13H19ClN2O4. The third-order valence-corrected chi connectivity index (χ3v) is 2.65. The maximum Gasteiger partial charge on any atom is 0.336 e. The smallest absolute Gasteiger partial charge is 0.336 e. The van der Waals surface area contributed by atoms with Crippen molar-refractivity contribution in [2.75, 3.05) is 13.7 Å². The number of nitrogens with two attached hydrogens (primary N) is 1. The second kappa shape index (κ2) is 9.30. The molecule has 0 heterocycles. The fourth-order valence-corrected chi connectivity index (χ4v) is 1.66. The van der Waals surface area contributed by atoms with Crippen molar-refractivity contribution in [1.82, 2.24) is 5.32 Å². The standard InChI is InChI=1S/C13H18N2O4.ClH/c1-19-13(18)12(17)10(15-11(16)8-14)7-9-5-3-2-4-6-9;/h2-6,10,12,17H,7-8,14H2,1H3,(H,15,16);1H/t10-,12+;/m1./s1. The molecule has 0 aromatic heterocycles. The molecule has 0 fully saturated rings. The number of esters is 1. The van der Waals surface area contributed by atoms with Crippen LogP contribution in [-0.2, 0) is 20.7 Å². The number of rotatable bonds is 6. The Labute approximate surface area is 123 Å². The minimum atomic E-state index is -1.43. The first-order valence-corrected chi connectivity index (χ1v) is 5.87. The number of aliphatic hydroxyl groups excluding tert-OH is 1. The molecule has 1 rings (SSSR count). The van der Waals surface area contributed by atoms with Crippen LogP contribution in [0, 0.1) is 0 Å². The SMILES string of the molecule is COC(=O)[C@@H](O)[C@@H](Cc1ccccc1)NC(=O)CN.Cl. The second-order valence-electron chi connectivity index (χ2n) is 4.04. The molecule has 0 aliphatic rings. The number of carbonyl (C=O) groups excluding carboxylic acids is 2. The Bertz CT molecular complexity index is 428. The van der Waals surface area contributed by atoms with E-state index in [0.29, 0.717) is 6.42 Å². The molecule has 0 spiro atoms. The normalized spacial score (nSPS) is 12.8. The van der Waals surface area contributed by atoms with Crippen LogP contribution in [0.15, 0.2) is 30.3 Å². The lowest BCUT2D eigenvalue weighted by Gasteiger charge is -2.22. The van der Waals surface area contributed by atoms with Gasteiger partial charge in [0.25, 0.3) is 0 Å². The van der Waals surface area contributed by atoms with Gasteiger partial charge in [-0.15, -0.1) is 12.4 Å². The zero-order valence-corrected chi connectivity index (χ0v) is 11.9. The predicted octanol–water partition coefficient (Wildman–Crippen LogP) is -0.372. The van der Waals surface area contributed by atoms with Crippen molar-refractivity contribution in [3.8, 4) is 0 Å². The molecular weight excluding hydrogens is 284 g/mol. The fraction of sp³-hybridized carbons (Fsp3) is 0.385. The summed E-state index contributed by atoms with van der Waals surface area (Å²) in [4.78, 5) is 22.7. The van der Waals surface area contributed by atoms with Gasteiger partial charge in [-0.25, -0.2) is 4.79 Å². The summed E-state index contributed by atoms with van der Waals surface area (Å²) in [6, 6.07) is 8.43. The number of methoxy groups -OCH3 is 1. The summed E-state index contributed by atoms with van der Waals surface area (Å²) < 4.78 is 4.47. The Kier molecular flexibility index (Phi) is 8.54. The van der Waals surface area contributed by atoms with Gasteiger partial charge in [0.1, 0.15) is 0 Å². The molecule has 2 atom stereocenters. The monoisotopic (exact) mass is 302 g/mol. The van der Waals surface area contributed by atoms with Crippen LogP contribution < -0.4 is 11.1 Å². The van der Waals surface area contributed by atoms with Gasteiger partial charge in [-0.2, -0.15) is 0 Å². The number of nitrogens with one attached hydrogen (secondary N) is 1. The number of halogens is 1. The van der Waals surface area contributed by atoms with Crippen LogP contribution in [0.2, 0.25) is 0 Å². The van der Waals surface area contributed by atoms with E-state index < -0.39 is 24.0 Å². The van der Waals surface area contributed by atoms with Crippen LogP contribution in [0.4, 0.5) is 0 Å². The molecule has 20 heavy (non-hydrogen) atoms. The number of amides is 1. The molecule has 0 saturated heterocycles. The number of hydrogen-bond donors (Lipinski definition) is 3. The number of benzene rings is 1. The van der Waals surface area contributed by atoms with E-state index in [2.05, 4.69) is 10.1 Å². The van der Waals surface area contributed by atoms with E-state index in [1.807, 2.05) is 30.3 Å². The average molecular weight is 303 g/mol. The Hall–Kier alpha value is -1.63. The third kappa shape index (κ3) is 5.56. The molecule has 1 aromatic rings. The molecule has 112 valence electrons. The summed E-state index contributed by atoms with van der Waals surface area (Å²) in [6.45, 7) is -0.209. The largest absolute Gasteiger partial charge is 0.467 e. The van der Waals surface area contributed by atoms with Crippen molar-refractivity contribution < 1.29 is 19.4 Å². The fourth-order valence-electron chi connectivity index (χ4n) is 1.66. The number of ether oxygens (including phenoxy) is 1. The van der Waals surface area contributed by atoms with E-state index in [-0.39, 0.29) is 19.0 Å². The van der Waals surface area contributed by atoms with Gasteiger partial charge in [0.15, 0.2) is 6.10 Å². The first-order valence-electron chi connectivity index (χ1n) is 5.87. The van der Waals surface area contributed by atoms with Gasteiger partial charge in [-0.05, 0) is 12.0 Å². The second-order valence-corrected chi connectivity index (χ2v) is 4.04. The van der Waals surface area contributed by atoms with Crippen LogP contribution in [0.3, 0.4) is 0 Å². The van der Waals surface area contributed by atoms with Gasteiger partial charge in [-0.1, -0.05) is 30.3 Å². The van der Waals surface area contributed by atoms with Crippen molar-refractivity contribution >= 4 is 24.3 Å². The molecule has 0 aliphatic carbocycles. The summed E-state index contributed by atoms with van der Waals surface area (Å²) in [7, 11) is 1.18. The lowest BCUT2D eigenvalue weighted by molar-refractivity contribution is -0.152. The highest BCUT2D eigenvalue weighted by Gasteiger charge is 2.28. The Balaban J connectivity index is 0.00000361. The molecule has 6 nitrogen and oxygen atoms in total. The summed E-state index contributed by atoms with van der Waals surface area (Å²) in [5, 5.41) is 12.4. The molecule has 7 heteroatoms. The minimum absolute atomic E-state index is 0. The van der Waals surface area contributed by atoms with Gasteiger partial charge < -0.3 is 20.9 Å². The topological polar surface area (TPSA) is 102 Å². The van der Waals surface area contributed by atoms with Crippen LogP contribution in [0.25, 0.3) is 0 Å². The van der Waals surface area contributed by atoms with Gasteiger partial charge in [0.05, 0.1) is 19.7 Å². The van der Waals surface area contributed by atoms with E-state index in [4.69, 9.17) is 5.73 Å². The molecule has 1 amide bonds. The lowest BCUT2D eigenvalue weighted by Crippen LogP contribution is -2.50. The van der Waals surface area contributed by atoms with Crippen LogP contribution in [0.5, 0.6) is 0 Å². The molecule has 0 bridgehead atoms. The Morgan fingerprint density at radius 2 is 1.95 bits per heavy atom. The molecule has 0 unspecified atom stereocenters. The zero-order chi connectivity index (χ0) is 14.3. The van der Waals surface area contributed by atoms with Gasteiger partial charge >= 0.3 is 5.97 Å². The molecule has 0 aliphatic heterocycles. The highest BCUT2D eigenvalue weighted by atomic mass is 35.5. The highest BCUT2D eigenvalue weighted by molar-refractivity contribution is 5.85. The van der Waals surface area contributed by atoms with Crippen LogP contribution in [-0.4, -0.2) is 42.8 Å². The molecule has 4 N–H and O–H groups in total. The van der Waals surface area contributed by atoms with Crippen LogP contribution in [0.1, 0.15) is 5.56 Å². The summed E-state index contributed by atoms with van der Waals surface area (Å²) in [5.74, 6) is -1.23. The number of carbonyl (C=O) groups is 2. The maximum absolute atomic E-state index is 11.4. The number of hydrogen-bond acceptors (Lipinski definition) is 5. The van der Waals surface area contributed by atoms with E-state index in [0.717, 1.165) is 5.56 Å². The zero-order valence-electron chi connectivity index (χ0n) is 11.1. The first-order chi connectivity index (χ1) is 9.08. The Morgan fingerprint density at radius 3 is 2.45 bits per heavy atom. The van der Waals surface area contributed by atoms with E-state index in [9.17, 15) is 14.7 Å². The van der Waals surface area contributed by atoms with Crippen molar-refractivity contribution in [1.29, 1.82) is 0 Å². The average Bonchev–Trinajstić information content (AvgIpc) is 2.45. The van der Waals surface area contributed by atoms with Crippen molar-refractivity contribution in [3.05, 3.63) is 35.9 Å². The Morgan fingerprint density at radius 1 is 1.35 bits per heavy atom. The van der Waals surface area contributed by atoms with Crippen molar-refractivity contribution in [2.45, 2.75) is 18.6 Å². The van der Waals surface area contributed by atoms with Gasteiger partial charge in [0, 0.05) is 0 Å². The quantitative estimate of drug-likeness (QED) is 0.622. The van der Waals surface area contributed by atoms with Crippen LogP contribution >= 0.6 is 12.4 Å². The third-order valence-electron chi connectivity index (χ3n) is 2.65. The molecule has 1 aromatic carbocycles. The molecule has 0 radical (unpaired) electrons. The van der Waals surface area contributed by atoms with Gasteiger partial charge in [0.2, 0.25) is 5.91 Å². The lowest BCUT2D eigenvalue weighted by atomic mass is 10.0. The maximum atomic E-state index is 11.4. The first kappa shape index (κ1) is 18.4. The summed E-state index contributed by atoms with van der Waals surface area (Å²) >= 11 is 0. The number of aliphatic hydroxyl groups is 1. The summed E-state index contributed by atoms with van der Waals surface area (Å²) in [6.07, 6.45) is -1.12. The van der Waals surface area contributed by atoms with E-state index >= 15 is 0 Å². The highest BCUT2D eigenvalue weighted by Crippen LogP contribution is 2.07.